The fourth-order valence-electron chi connectivity index (χ4n) is 2.50. The highest BCUT2D eigenvalue weighted by Gasteiger charge is 2.42. The second kappa shape index (κ2) is 2.96. The van der Waals surface area contributed by atoms with Crippen molar-refractivity contribution in [3.8, 4) is 0 Å². The highest BCUT2D eigenvalue weighted by molar-refractivity contribution is 5.58. The van der Waals surface area contributed by atoms with Gasteiger partial charge in [0.05, 0.1) is 0 Å². The van der Waals surface area contributed by atoms with Crippen molar-refractivity contribution in [1.82, 2.24) is 0 Å². The molecular formula is C10H16O. The van der Waals surface area contributed by atoms with Crippen LogP contribution in [0, 0.1) is 17.8 Å². The van der Waals surface area contributed by atoms with E-state index < -0.39 is 0 Å². The molecule has 0 radical (unpaired) electrons. The number of hydrogen-bond acceptors (Lipinski definition) is 1. The van der Waals surface area contributed by atoms with Gasteiger partial charge in [-0.2, -0.15) is 0 Å². The predicted octanol–water partition coefficient (Wildman–Crippen LogP) is 2.40. The van der Waals surface area contributed by atoms with Crippen LogP contribution < -0.4 is 0 Å². The van der Waals surface area contributed by atoms with Crippen molar-refractivity contribution in [1.29, 1.82) is 0 Å². The number of carbonyl (C=O) groups excluding carboxylic acids is 1. The van der Waals surface area contributed by atoms with Crippen molar-refractivity contribution in [3.63, 3.8) is 0 Å². The molecule has 1 heteroatoms. The maximum absolute atomic E-state index is 10.4. The summed E-state index contributed by atoms with van der Waals surface area (Å²) in [7, 11) is 0. The highest BCUT2D eigenvalue weighted by atomic mass is 16.1. The minimum atomic E-state index is 0.457. The van der Waals surface area contributed by atoms with E-state index in [2.05, 4.69) is 0 Å². The molecule has 2 rings (SSSR count). The van der Waals surface area contributed by atoms with E-state index in [1.807, 2.05) is 0 Å². The summed E-state index contributed by atoms with van der Waals surface area (Å²) in [5.74, 6) is 2.17. The summed E-state index contributed by atoms with van der Waals surface area (Å²) in [5.41, 5.74) is 0. The van der Waals surface area contributed by atoms with E-state index in [1.54, 1.807) is 0 Å². The summed E-state index contributed by atoms with van der Waals surface area (Å²) in [5, 5.41) is 0. The Balaban J connectivity index is 1.81. The molecule has 0 unspecified atom stereocenters. The molecule has 0 bridgehead atoms. The van der Waals surface area contributed by atoms with Gasteiger partial charge in [0.25, 0.3) is 0 Å². The van der Waals surface area contributed by atoms with Crippen LogP contribution in [0.15, 0.2) is 0 Å². The number of hydrogen-bond donors (Lipinski definition) is 0. The number of aldehydes is 1. The average Bonchev–Trinajstić information content (AvgIpc) is 2.85. The van der Waals surface area contributed by atoms with Gasteiger partial charge in [-0.25, -0.2) is 0 Å². The van der Waals surface area contributed by atoms with Gasteiger partial charge in [-0.05, 0) is 18.3 Å². The summed E-state index contributed by atoms with van der Waals surface area (Å²) in [6.45, 7) is 0. The number of carbonyl (C=O) groups is 1. The normalized spacial score (nSPS) is 38.5. The molecule has 2 atom stereocenters. The van der Waals surface area contributed by atoms with Gasteiger partial charge in [0.15, 0.2) is 0 Å². The van der Waals surface area contributed by atoms with E-state index in [1.165, 1.54) is 44.8 Å². The summed E-state index contributed by atoms with van der Waals surface area (Å²) in [4.78, 5) is 10.4. The van der Waals surface area contributed by atoms with Gasteiger partial charge in [-0.3, -0.25) is 0 Å². The zero-order valence-electron chi connectivity index (χ0n) is 6.96. The third-order valence-electron chi connectivity index (χ3n) is 3.32. The first-order valence-corrected chi connectivity index (χ1v) is 4.87. The van der Waals surface area contributed by atoms with Gasteiger partial charge in [0.2, 0.25) is 0 Å². The Kier molecular flexibility index (Phi) is 1.97. The molecule has 0 spiro atoms. The molecule has 2 aliphatic rings. The van der Waals surface area contributed by atoms with E-state index in [9.17, 15) is 4.79 Å². The van der Waals surface area contributed by atoms with E-state index >= 15 is 0 Å². The molecular weight excluding hydrogens is 136 g/mol. The van der Waals surface area contributed by atoms with Crippen LogP contribution in [0.2, 0.25) is 0 Å². The first-order valence-electron chi connectivity index (χ1n) is 4.87. The largest absolute Gasteiger partial charge is 0.303 e. The lowest BCUT2D eigenvalue weighted by Gasteiger charge is -2.20. The molecule has 0 aromatic rings. The summed E-state index contributed by atoms with van der Waals surface area (Å²) in [6.07, 6.45) is 9.41. The minimum Gasteiger partial charge on any atom is -0.303 e. The van der Waals surface area contributed by atoms with E-state index in [-0.39, 0.29) is 0 Å². The van der Waals surface area contributed by atoms with Crippen LogP contribution in [0.1, 0.15) is 38.5 Å². The predicted molar refractivity (Wildman–Crippen MR) is 44.2 cm³/mol. The third-order valence-corrected chi connectivity index (χ3v) is 3.32. The van der Waals surface area contributed by atoms with Gasteiger partial charge in [0, 0.05) is 5.92 Å². The van der Waals surface area contributed by atoms with Crippen molar-refractivity contribution in [2.45, 2.75) is 38.5 Å². The standard InChI is InChI=1S/C10H16O/c11-7-9-6-10(9)8-4-2-1-3-5-8/h7-10H,1-6H2/t9-,10+/m0/s1. The summed E-state index contributed by atoms with van der Waals surface area (Å²) in [6, 6.07) is 0. The molecule has 62 valence electrons. The molecule has 0 N–H and O–H groups in total. The topological polar surface area (TPSA) is 17.1 Å². The lowest BCUT2D eigenvalue weighted by atomic mass is 9.85. The molecule has 0 aliphatic heterocycles. The summed E-state index contributed by atoms with van der Waals surface area (Å²) < 4.78 is 0. The second-order valence-electron chi connectivity index (χ2n) is 4.10. The van der Waals surface area contributed by atoms with Crippen molar-refractivity contribution in [3.05, 3.63) is 0 Å². The van der Waals surface area contributed by atoms with E-state index in [0.29, 0.717) is 5.92 Å². The zero-order valence-corrected chi connectivity index (χ0v) is 6.96. The first kappa shape index (κ1) is 7.33. The fraction of sp³-hybridized carbons (Fsp3) is 0.900. The molecule has 11 heavy (non-hydrogen) atoms. The van der Waals surface area contributed by atoms with Gasteiger partial charge in [0.1, 0.15) is 6.29 Å². The molecule has 0 amide bonds. The molecule has 0 aromatic carbocycles. The van der Waals surface area contributed by atoms with Crippen molar-refractivity contribution >= 4 is 6.29 Å². The minimum absolute atomic E-state index is 0.457. The Morgan fingerprint density at radius 2 is 1.82 bits per heavy atom. The zero-order chi connectivity index (χ0) is 7.68. The van der Waals surface area contributed by atoms with Crippen LogP contribution in [0.4, 0.5) is 0 Å². The first-order chi connectivity index (χ1) is 5.42. The molecule has 2 fully saturated rings. The van der Waals surface area contributed by atoms with E-state index in [0.717, 1.165) is 11.8 Å². The average molecular weight is 152 g/mol. The molecule has 0 heterocycles. The smallest absolute Gasteiger partial charge is 0.123 e. The second-order valence-corrected chi connectivity index (χ2v) is 4.10. The molecule has 2 saturated carbocycles. The lowest BCUT2D eigenvalue weighted by Crippen LogP contribution is -2.09. The van der Waals surface area contributed by atoms with Crippen LogP contribution >= 0.6 is 0 Å². The monoisotopic (exact) mass is 152 g/mol. The van der Waals surface area contributed by atoms with Gasteiger partial charge < -0.3 is 4.79 Å². The Bertz CT molecular complexity index is 147. The maximum atomic E-state index is 10.4. The SMILES string of the molecule is O=C[C@@H]1C[C@@H]1C1CCCCC1. The van der Waals surface area contributed by atoms with Crippen molar-refractivity contribution in [2.75, 3.05) is 0 Å². The van der Waals surface area contributed by atoms with Crippen LogP contribution in [0.25, 0.3) is 0 Å². The quantitative estimate of drug-likeness (QED) is 0.555. The molecule has 0 saturated heterocycles. The summed E-state index contributed by atoms with van der Waals surface area (Å²) >= 11 is 0. The fourth-order valence-corrected chi connectivity index (χ4v) is 2.50. The van der Waals surface area contributed by atoms with Crippen LogP contribution in [-0.2, 0) is 4.79 Å². The van der Waals surface area contributed by atoms with Crippen molar-refractivity contribution < 1.29 is 4.79 Å². The van der Waals surface area contributed by atoms with Gasteiger partial charge in [-0.15, -0.1) is 0 Å². The molecule has 2 aliphatic carbocycles. The Morgan fingerprint density at radius 3 is 2.36 bits per heavy atom. The molecule has 0 aromatic heterocycles. The van der Waals surface area contributed by atoms with Gasteiger partial charge >= 0.3 is 0 Å². The Morgan fingerprint density at radius 1 is 1.09 bits per heavy atom. The van der Waals surface area contributed by atoms with Crippen LogP contribution in [0.5, 0.6) is 0 Å². The number of rotatable bonds is 2. The van der Waals surface area contributed by atoms with E-state index in [4.69, 9.17) is 0 Å². The van der Waals surface area contributed by atoms with Crippen LogP contribution in [-0.4, -0.2) is 6.29 Å². The van der Waals surface area contributed by atoms with Gasteiger partial charge in [-0.1, -0.05) is 32.1 Å². The van der Waals surface area contributed by atoms with Crippen molar-refractivity contribution in [2.24, 2.45) is 17.8 Å². The Hall–Kier alpha value is -0.330. The highest BCUT2D eigenvalue weighted by Crippen LogP contribution is 2.47. The Labute approximate surface area is 68.2 Å². The maximum Gasteiger partial charge on any atom is 0.123 e. The lowest BCUT2D eigenvalue weighted by molar-refractivity contribution is -0.109. The van der Waals surface area contributed by atoms with Crippen LogP contribution in [0.3, 0.4) is 0 Å². The third kappa shape index (κ3) is 1.47. The molecule has 1 nitrogen and oxygen atoms in total.